The van der Waals surface area contributed by atoms with Crippen LogP contribution in [0.3, 0.4) is 0 Å². The van der Waals surface area contributed by atoms with Crippen LogP contribution in [0.5, 0.6) is 0 Å². The lowest BCUT2D eigenvalue weighted by molar-refractivity contribution is 0.265. The molecule has 1 aromatic carbocycles. The average molecular weight is 298 g/mol. The minimum Gasteiger partial charge on any atom is -0.300 e. The largest absolute Gasteiger partial charge is 0.300 e. The highest BCUT2D eigenvalue weighted by molar-refractivity contribution is 8.18. The van der Waals surface area contributed by atoms with Gasteiger partial charge in [-0.2, -0.15) is 5.10 Å². The lowest BCUT2D eigenvalue weighted by Gasteiger charge is -1.99. The Morgan fingerprint density at radius 1 is 1.33 bits per heavy atom. The maximum absolute atomic E-state index is 11.6. The molecule has 3 rings (SSSR count). The number of rotatable bonds is 2. The number of para-hydroxylation sites is 1. The number of aromatic nitrogens is 2. The molecular weight excluding hydrogens is 284 g/mol. The van der Waals surface area contributed by atoms with E-state index in [4.69, 9.17) is 0 Å². The lowest BCUT2D eigenvalue weighted by atomic mass is 10.2. The Morgan fingerprint density at radius 2 is 2.10 bits per heavy atom. The fourth-order valence-electron chi connectivity index (χ4n) is 2.05. The first kappa shape index (κ1) is 13.6. The number of hydrogen-bond acceptors (Lipinski definition) is 4. The SMILES string of the molecule is Cc1nn(C)cc1/C=C1/SC(=O)NC1=Nc1ccccc1. The normalized spacial score (nSPS) is 18.5. The standard InChI is InChI=1S/C15H14N4OS/c1-10-11(9-19(2)18-10)8-13-14(17-15(20)21-13)16-12-6-4-3-5-7-12/h3-9H,1-2H3,(H,16,17,20)/b13-8+. The third-order valence-corrected chi connectivity index (χ3v) is 3.81. The summed E-state index contributed by atoms with van der Waals surface area (Å²) in [6.07, 6.45) is 3.86. The van der Waals surface area contributed by atoms with E-state index in [0.717, 1.165) is 33.6 Å². The van der Waals surface area contributed by atoms with Gasteiger partial charge in [-0.1, -0.05) is 18.2 Å². The number of benzene rings is 1. The van der Waals surface area contributed by atoms with Crippen LogP contribution >= 0.6 is 11.8 Å². The van der Waals surface area contributed by atoms with Gasteiger partial charge in [0.25, 0.3) is 5.24 Å². The molecule has 5 nitrogen and oxygen atoms in total. The monoisotopic (exact) mass is 298 g/mol. The molecule has 0 bridgehead atoms. The quantitative estimate of drug-likeness (QED) is 0.925. The molecule has 106 valence electrons. The molecule has 1 amide bonds. The van der Waals surface area contributed by atoms with Crippen LogP contribution < -0.4 is 5.32 Å². The van der Waals surface area contributed by atoms with Gasteiger partial charge in [-0.3, -0.25) is 9.48 Å². The second-order valence-electron chi connectivity index (χ2n) is 4.66. The maximum Gasteiger partial charge on any atom is 0.289 e. The van der Waals surface area contributed by atoms with E-state index in [9.17, 15) is 4.79 Å². The van der Waals surface area contributed by atoms with E-state index in [1.807, 2.05) is 56.6 Å². The van der Waals surface area contributed by atoms with Gasteiger partial charge in [0.15, 0.2) is 0 Å². The van der Waals surface area contributed by atoms with Crippen molar-refractivity contribution in [2.75, 3.05) is 0 Å². The van der Waals surface area contributed by atoms with Gasteiger partial charge in [-0.15, -0.1) is 0 Å². The van der Waals surface area contributed by atoms with Gasteiger partial charge < -0.3 is 5.32 Å². The molecule has 0 aliphatic carbocycles. The molecular formula is C15H14N4OS. The summed E-state index contributed by atoms with van der Waals surface area (Å²) in [6, 6.07) is 9.56. The van der Waals surface area contributed by atoms with E-state index in [2.05, 4.69) is 15.4 Å². The number of hydrogen-bond donors (Lipinski definition) is 1. The molecule has 1 saturated heterocycles. The predicted octanol–water partition coefficient (Wildman–Crippen LogP) is 3.26. The summed E-state index contributed by atoms with van der Waals surface area (Å²) in [5.41, 5.74) is 2.71. The number of nitrogens with one attached hydrogen (secondary N) is 1. The molecule has 1 aliphatic heterocycles. The van der Waals surface area contributed by atoms with Gasteiger partial charge in [-0.05, 0) is 36.9 Å². The molecule has 1 fully saturated rings. The second kappa shape index (κ2) is 5.57. The molecule has 1 aromatic heterocycles. The van der Waals surface area contributed by atoms with Crippen LogP contribution in [0.25, 0.3) is 6.08 Å². The second-order valence-corrected chi connectivity index (χ2v) is 5.68. The summed E-state index contributed by atoms with van der Waals surface area (Å²) in [6.45, 7) is 1.94. The Morgan fingerprint density at radius 3 is 2.76 bits per heavy atom. The third kappa shape index (κ3) is 3.05. The number of amidine groups is 1. The van der Waals surface area contributed by atoms with E-state index in [1.54, 1.807) is 4.68 Å². The Bertz CT molecular complexity index is 746. The van der Waals surface area contributed by atoms with Crippen molar-refractivity contribution >= 4 is 34.6 Å². The average Bonchev–Trinajstić information content (AvgIpc) is 2.94. The summed E-state index contributed by atoms with van der Waals surface area (Å²) in [5.74, 6) is 0.583. The number of carbonyl (C=O) groups is 1. The molecule has 6 heteroatoms. The van der Waals surface area contributed by atoms with Crippen LogP contribution in [0.1, 0.15) is 11.3 Å². The van der Waals surface area contributed by atoms with Crippen LogP contribution in [0, 0.1) is 6.92 Å². The number of carbonyl (C=O) groups excluding carboxylic acids is 1. The van der Waals surface area contributed by atoms with Gasteiger partial charge in [0.1, 0.15) is 5.84 Å². The first-order valence-electron chi connectivity index (χ1n) is 6.47. The van der Waals surface area contributed by atoms with Gasteiger partial charge in [-0.25, -0.2) is 4.99 Å². The van der Waals surface area contributed by atoms with E-state index in [1.165, 1.54) is 0 Å². The number of thioether (sulfide) groups is 1. The van der Waals surface area contributed by atoms with E-state index < -0.39 is 0 Å². The van der Waals surface area contributed by atoms with Crippen molar-refractivity contribution in [3.63, 3.8) is 0 Å². The number of amides is 1. The van der Waals surface area contributed by atoms with E-state index in [0.29, 0.717) is 5.84 Å². The molecule has 1 N–H and O–H groups in total. The Hall–Kier alpha value is -2.34. The van der Waals surface area contributed by atoms with E-state index in [-0.39, 0.29) is 5.24 Å². The molecule has 0 saturated carbocycles. The van der Waals surface area contributed by atoms with Gasteiger partial charge in [0.05, 0.1) is 16.3 Å². The molecule has 21 heavy (non-hydrogen) atoms. The zero-order chi connectivity index (χ0) is 14.8. The Labute approximate surface area is 126 Å². The summed E-state index contributed by atoms with van der Waals surface area (Å²) in [5, 5.41) is 6.96. The summed E-state index contributed by atoms with van der Waals surface area (Å²) in [7, 11) is 1.87. The number of nitrogens with zero attached hydrogens (tertiary/aromatic N) is 3. The van der Waals surface area contributed by atoms with E-state index >= 15 is 0 Å². The van der Waals surface area contributed by atoms with Crippen LogP contribution in [-0.2, 0) is 7.05 Å². The highest BCUT2D eigenvalue weighted by Crippen LogP contribution is 2.28. The summed E-state index contributed by atoms with van der Waals surface area (Å²) < 4.78 is 1.75. The van der Waals surface area contributed by atoms with Gasteiger partial charge in [0, 0.05) is 18.8 Å². The minimum atomic E-state index is -0.113. The molecule has 0 radical (unpaired) electrons. The first-order chi connectivity index (χ1) is 10.1. The summed E-state index contributed by atoms with van der Waals surface area (Å²) in [4.78, 5) is 16.9. The minimum absolute atomic E-state index is 0.113. The summed E-state index contributed by atoms with van der Waals surface area (Å²) >= 11 is 1.15. The van der Waals surface area contributed by atoms with Crippen molar-refractivity contribution in [3.05, 3.63) is 52.7 Å². The maximum atomic E-state index is 11.6. The number of aliphatic imine (C=N–C) groups is 1. The van der Waals surface area contributed by atoms with Crippen LogP contribution in [0.15, 0.2) is 46.4 Å². The Kier molecular flexibility index (Phi) is 3.62. The van der Waals surface area contributed by atoms with Crippen LogP contribution in [0.4, 0.5) is 10.5 Å². The van der Waals surface area contributed by atoms with Crippen molar-refractivity contribution in [3.8, 4) is 0 Å². The van der Waals surface area contributed by atoms with Crippen molar-refractivity contribution in [1.29, 1.82) is 0 Å². The van der Waals surface area contributed by atoms with Crippen LogP contribution in [0.2, 0.25) is 0 Å². The fraction of sp³-hybridized carbons (Fsp3) is 0.133. The molecule has 0 unspecified atom stereocenters. The molecule has 2 aromatic rings. The molecule has 0 spiro atoms. The molecule has 0 atom stereocenters. The van der Waals surface area contributed by atoms with Gasteiger partial charge in [0.2, 0.25) is 0 Å². The fourth-order valence-corrected chi connectivity index (χ4v) is 2.77. The van der Waals surface area contributed by atoms with Crippen molar-refractivity contribution < 1.29 is 4.79 Å². The van der Waals surface area contributed by atoms with Gasteiger partial charge >= 0.3 is 0 Å². The van der Waals surface area contributed by atoms with Crippen molar-refractivity contribution in [2.45, 2.75) is 6.92 Å². The smallest absolute Gasteiger partial charge is 0.289 e. The Balaban J connectivity index is 1.98. The topological polar surface area (TPSA) is 59.3 Å². The lowest BCUT2D eigenvalue weighted by Crippen LogP contribution is -2.18. The third-order valence-electron chi connectivity index (χ3n) is 2.99. The zero-order valence-electron chi connectivity index (χ0n) is 11.7. The predicted molar refractivity (Wildman–Crippen MR) is 85.6 cm³/mol. The highest BCUT2D eigenvalue weighted by Gasteiger charge is 2.24. The molecule has 2 heterocycles. The van der Waals surface area contributed by atoms with Crippen molar-refractivity contribution in [1.82, 2.24) is 15.1 Å². The van der Waals surface area contributed by atoms with Crippen LogP contribution in [-0.4, -0.2) is 20.9 Å². The van der Waals surface area contributed by atoms with Crippen molar-refractivity contribution in [2.24, 2.45) is 12.0 Å². The highest BCUT2D eigenvalue weighted by atomic mass is 32.2. The zero-order valence-corrected chi connectivity index (χ0v) is 12.5. The molecule has 1 aliphatic rings. The number of aryl methyl sites for hydroxylation is 2. The first-order valence-corrected chi connectivity index (χ1v) is 7.28.